The fourth-order valence-electron chi connectivity index (χ4n) is 2.91. The maximum Gasteiger partial charge on any atom is 0.292 e. The van der Waals surface area contributed by atoms with E-state index in [1.54, 1.807) is 36.0 Å². The lowest BCUT2D eigenvalue weighted by Crippen LogP contribution is -2.16. The maximum absolute atomic E-state index is 13.5. The Morgan fingerprint density at radius 1 is 1.22 bits per heavy atom. The molecule has 0 radical (unpaired) electrons. The molecule has 0 aliphatic heterocycles. The van der Waals surface area contributed by atoms with Crippen LogP contribution in [0.2, 0.25) is 5.02 Å². The van der Waals surface area contributed by atoms with Crippen LogP contribution < -0.4 is 5.32 Å². The summed E-state index contributed by atoms with van der Waals surface area (Å²) < 4.78 is 20.7. The van der Waals surface area contributed by atoms with Crippen LogP contribution in [0.25, 0.3) is 11.0 Å². The van der Waals surface area contributed by atoms with Crippen molar-refractivity contribution < 1.29 is 13.6 Å². The number of hydrogen-bond acceptors (Lipinski definition) is 3. The highest BCUT2D eigenvalue weighted by atomic mass is 35.5. The van der Waals surface area contributed by atoms with Crippen LogP contribution in [0.1, 0.15) is 21.7 Å². The van der Waals surface area contributed by atoms with Gasteiger partial charge in [-0.25, -0.2) is 9.07 Å². The first-order chi connectivity index (χ1) is 13.0. The summed E-state index contributed by atoms with van der Waals surface area (Å²) in [5, 5.41) is 8.28. The Morgan fingerprint density at radius 2 is 2.00 bits per heavy atom. The monoisotopic (exact) mass is 383 g/mol. The average Bonchev–Trinajstić information content (AvgIpc) is 3.21. The number of anilines is 1. The predicted octanol–water partition coefficient (Wildman–Crippen LogP) is 5.03. The average molecular weight is 384 g/mol. The van der Waals surface area contributed by atoms with Crippen LogP contribution in [-0.2, 0) is 6.54 Å². The zero-order valence-corrected chi connectivity index (χ0v) is 15.1. The molecule has 0 atom stereocenters. The summed E-state index contributed by atoms with van der Waals surface area (Å²) in [7, 11) is 0. The molecule has 0 spiro atoms. The number of halogens is 2. The molecule has 0 saturated carbocycles. The fraction of sp³-hybridized carbons (Fsp3) is 0.100. The fourth-order valence-corrected chi connectivity index (χ4v) is 3.04. The van der Waals surface area contributed by atoms with Crippen molar-refractivity contribution in [2.75, 3.05) is 5.32 Å². The van der Waals surface area contributed by atoms with Crippen LogP contribution in [0.4, 0.5) is 10.2 Å². The number of nitrogens with one attached hydrogen (secondary N) is 1. The molecule has 5 nitrogen and oxygen atoms in total. The van der Waals surface area contributed by atoms with Gasteiger partial charge in [0.2, 0.25) is 0 Å². The third-order valence-corrected chi connectivity index (χ3v) is 4.56. The number of fused-ring (bicyclic) bond motifs is 1. The Balaban J connectivity index is 1.58. The normalized spacial score (nSPS) is 11.1. The summed E-state index contributed by atoms with van der Waals surface area (Å²) in [5.74, 6) is -0.114. The van der Waals surface area contributed by atoms with Crippen molar-refractivity contribution in [1.29, 1.82) is 0 Å². The van der Waals surface area contributed by atoms with Crippen LogP contribution in [0.5, 0.6) is 0 Å². The number of aryl methyl sites for hydroxylation is 1. The summed E-state index contributed by atoms with van der Waals surface area (Å²) in [6, 6.07) is 13.3. The first-order valence-electron chi connectivity index (χ1n) is 8.27. The van der Waals surface area contributed by atoms with Gasteiger partial charge in [-0.1, -0.05) is 23.7 Å². The van der Waals surface area contributed by atoms with Crippen molar-refractivity contribution in [3.05, 3.63) is 82.5 Å². The van der Waals surface area contributed by atoms with Crippen molar-refractivity contribution in [3.8, 4) is 0 Å². The highest BCUT2D eigenvalue weighted by Gasteiger charge is 2.19. The van der Waals surface area contributed by atoms with Crippen molar-refractivity contribution >= 4 is 34.3 Å². The first-order valence-corrected chi connectivity index (χ1v) is 8.65. The molecular formula is C20H15ClFN3O2. The van der Waals surface area contributed by atoms with Gasteiger partial charge in [0.25, 0.3) is 5.91 Å². The summed E-state index contributed by atoms with van der Waals surface area (Å²) in [6.45, 7) is 2.20. The van der Waals surface area contributed by atoms with E-state index in [1.807, 2.05) is 12.1 Å². The molecule has 0 saturated heterocycles. The molecular weight excluding hydrogens is 369 g/mol. The number of aromatic nitrogens is 2. The Hall–Kier alpha value is -3.12. The van der Waals surface area contributed by atoms with E-state index >= 15 is 0 Å². The third kappa shape index (κ3) is 3.44. The molecule has 0 aliphatic rings. The molecule has 0 aliphatic carbocycles. The second kappa shape index (κ2) is 6.89. The van der Waals surface area contributed by atoms with E-state index in [0.29, 0.717) is 33.9 Å². The zero-order chi connectivity index (χ0) is 19.0. The Kier molecular flexibility index (Phi) is 4.41. The number of furan rings is 1. The van der Waals surface area contributed by atoms with Gasteiger partial charge in [0, 0.05) is 22.0 Å². The van der Waals surface area contributed by atoms with E-state index in [4.69, 9.17) is 16.0 Å². The van der Waals surface area contributed by atoms with E-state index < -0.39 is 5.91 Å². The van der Waals surface area contributed by atoms with Crippen LogP contribution in [0, 0.1) is 12.7 Å². The number of carbonyl (C=O) groups excluding carboxylic acids is 1. The summed E-state index contributed by atoms with van der Waals surface area (Å²) >= 11 is 5.91. The van der Waals surface area contributed by atoms with Gasteiger partial charge in [-0.15, -0.1) is 0 Å². The van der Waals surface area contributed by atoms with Crippen molar-refractivity contribution in [1.82, 2.24) is 9.78 Å². The second-order valence-electron chi connectivity index (χ2n) is 6.15. The van der Waals surface area contributed by atoms with E-state index in [9.17, 15) is 9.18 Å². The molecule has 7 heteroatoms. The van der Waals surface area contributed by atoms with Gasteiger partial charge < -0.3 is 9.73 Å². The lowest BCUT2D eigenvalue weighted by molar-refractivity contribution is 0.0997. The number of rotatable bonds is 4. The molecule has 1 amide bonds. The number of amides is 1. The third-order valence-electron chi connectivity index (χ3n) is 4.31. The molecule has 27 heavy (non-hydrogen) atoms. The van der Waals surface area contributed by atoms with E-state index in [-0.39, 0.29) is 11.6 Å². The molecule has 0 unspecified atom stereocenters. The molecule has 4 rings (SSSR count). The Labute approximate surface area is 159 Å². The van der Waals surface area contributed by atoms with Gasteiger partial charge in [-0.05, 0) is 42.8 Å². The minimum atomic E-state index is -0.415. The van der Waals surface area contributed by atoms with Crippen LogP contribution in [-0.4, -0.2) is 15.7 Å². The molecule has 136 valence electrons. The largest absolute Gasteiger partial charge is 0.451 e. The van der Waals surface area contributed by atoms with Crippen LogP contribution >= 0.6 is 11.6 Å². The Morgan fingerprint density at radius 3 is 2.78 bits per heavy atom. The minimum absolute atomic E-state index is 0.148. The van der Waals surface area contributed by atoms with E-state index in [0.717, 1.165) is 5.56 Å². The molecule has 0 bridgehead atoms. The van der Waals surface area contributed by atoms with Gasteiger partial charge in [0.1, 0.15) is 17.2 Å². The lowest BCUT2D eigenvalue weighted by Gasteiger charge is -2.09. The number of benzene rings is 2. The van der Waals surface area contributed by atoms with Gasteiger partial charge >= 0.3 is 0 Å². The Bertz CT molecular complexity index is 1130. The summed E-state index contributed by atoms with van der Waals surface area (Å²) in [4.78, 5) is 12.7. The van der Waals surface area contributed by atoms with Crippen LogP contribution in [0.15, 0.2) is 59.1 Å². The van der Waals surface area contributed by atoms with Gasteiger partial charge in [0.05, 0.1) is 12.7 Å². The van der Waals surface area contributed by atoms with Crippen molar-refractivity contribution in [2.45, 2.75) is 13.5 Å². The highest BCUT2D eigenvalue weighted by molar-refractivity contribution is 6.30. The smallest absolute Gasteiger partial charge is 0.292 e. The molecule has 4 aromatic rings. The van der Waals surface area contributed by atoms with E-state index in [1.165, 1.54) is 18.2 Å². The molecule has 2 aromatic carbocycles. The topological polar surface area (TPSA) is 60.1 Å². The van der Waals surface area contributed by atoms with Gasteiger partial charge in [0.15, 0.2) is 5.76 Å². The van der Waals surface area contributed by atoms with Crippen molar-refractivity contribution in [3.63, 3.8) is 0 Å². The van der Waals surface area contributed by atoms with Crippen LogP contribution in [0.3, 0.4) is 0 Å². The number of hydrogen-bond donors (Lipinski definition) is 1. The molecule has 2 aromatic heterocycles. The molecule has 2 heterocycles. The number of nitrogens with zero attached hydrogens (tertiary/aromatic N) is 2. The highest BCUT2D eigenvalue weighted by Crippen LogP contribution is 2.26. The zero-order valence-electron chi connectivity index (χ0n) is 14.4. The SMILES string of the molecule is Cc1c(C(=O)Nc2ccnn2Cc2ccc(Cl)cc2)oc2ccc(F)cc12. The number of carbonyl (C=O) groups is 1. The minimum Gasteiger partial charge on any atom is -0.451 e. The standard InChI is InChI=1S/C20H15ClFN3O2/c1-12-16-10-15(22)6-7-17(16)27-19(12)20(26)24-18-8-9-23-25(18)11-13-2-4-14(21)5-3-13/h2-10H,11H2,1H3,(H,24,26). The van der Waals surface area contributed by atoms with Gasteiger partial charge in [-0.3, -0.25) is 4.79 Å². The molecule has 0 fully saturated rings. The predicted molar refractivity (Wildman–Crippen MR) is 102 cm³/mol. The summed E-state index contributed by atoms with van der Waals surface area (Å²) in [6.07, 6.45) is 1.60. The van der Waals surface area contributed by atoms with Gasteiger partial charge in [-0.2, -0.15) is 5.10 Å². The second-order valence-corrected chi connectivity index (χ2v) is 6.59. The molecule has 1 N–H and O–H groups in total. The van der Waals surface area contributed by atoms with Crippen molar-refractivity contribution in [2.24, 2.45) is 0 Å². The lowest BCUT2D eigenvalue weighted by atomic mass is 10.1. The quantitative estimate of drug-likeness (QED) is 0.537. The van der Waals surface area contributed by atoms with E-state index in [2.05, 4.69) is 10.4 Å². The summed E-state index contributed by atoms with van der Waals surface area (Å²) in [5.41, 5.74) is 2.05. The maximum atomic E-state index is 13.5. The first kappa shape index (κ1) is 17.3.